The average Bonchev–Trinajstić information content (AvgIpc) is 2.37. The summed E-state index contributed by atoms with van der Waals surface area (Å²) in [7, 11) is 0.517. The quantitative estimate of drug-likeness (QED) is 0.828. The summed E-state index contributed by atoms with van der Waals surface area (Å²) in [6.45, 7) is 2.60. The zero-order chi connectivity index (χ0) is 15.7. The second-order valence-corrected chi connectivity index (χ2v) is 7.78. The number of nitrogens with zero attached hydrogens (tertiary/aromatic N) is 1. The van der Waals surface area contributed by atoms with E-state index in [4.69, 9.17) is 5.73 Å². The van der Waals surface area contributed by atoms with Gasteiger partial charge in [0.2, 0.25) is 10.0 Å². The van der Waals surface area contributed by atoms with E-state index < -0.39 is 10.0 Å². The lowest BCUT2D eigenvalue weighted by Gasteiger charge is -2.47. The second-order valence-electron chi connectivity index (χ2n) is 6.04. The molecule has 0 aromatic heterocycles. The first-order valence-electron chi connectivity index (χ1n) is 7.28. The van der Waals surface area contributed by atoms with Crippen molar-refractivity contribution in [2.24, 2.45) is 5.73 Å². The largest absolute Gasteiger partial charge is 0.326 e. The van der Waals surface area contributed by atoms with Gasteiger partial charge in [0, 0.05) is 18.6 Å². The number of sulfonamides is 1. The number of hydrogen-bond donors (Lipinski definition) is 2. The van der Waals surface area contributed by atoms with Crippen molar-refractivity contribution in [3.8, 4) is 0 Å². The van der Waals surface area contributed by atoms with E-state index in [0.717, 1.165) is 30.4 Å². The number of hydrogen-bond acceptors (Lipinski definition) is 4. The summed E-state index contributed by atoms with van der Waals surface area (Å²) in [5.41, 5.74) is 7.22. The van der Waals surface area contributed by atoms with Gasteiger partial charge in [-0.25, -0.2) is 13.1 Å². The van der Waals surface area contributed by atoms with Gasteiger partial charge >= 0.3 is 0 Å². The fraction of sp³-hybridized carbons (Fsp3) is 0.600. The number of benzene rings is 1. The van der Waals surface area contributed by atoms with Crippen molar-refractivity contribution >= 4 is 10.0 Å². The maximum Gasteiger partial charge on any atom is 0.240 e. The summed E-state index contributed by atoms with van der Waals surface area (Å²) in [6, 6.07) is 5.25. The summed E-state index contributed by atoms with van der Waals surface area (Å²) in [6.07, 6.45) is 3.22. The van der Waals surface area contributed by atoms with E-state index in [-0.39, 0.29) is 5.54 Å². The lowest BCUT2D eigenvalue weighted by atomic mass is 9.76. The molecule has 0 aliphatic heterocycles. The van der Waals surface area contributed by atoms with Gasteiger partial charge < -0.3 is 10.6 Å². The molecule has 0 spiro atoms. The van der Waals surface area contributed by atoms with Crippen molar-refractivity contribution in [2.45, 2.75) is 43.2 Å². The molecule has 1 aliphatic rings. The normalized spacial score (nSPS) is 17.8. The van der Waals surface area contributed by atoms with E-state index >= 15 is 0 Å². The van der Waals surface area contributed by atoms with Crippen LogP contribution < -0.4 is 10.5 Å². The van der Waals surface area contributed by atoms with E-state index in [9.17, 15) is 8.42 Å². The Hall–Kier alpha value is -0.950. The number of nitrogens with two attached hydrogens (primary N) is 1. The van der Waals surface area contributed by atoms with Crippen LogP contribution in [0.25, 0.3) is 0 Å². The zero-order valence-corrected chi connectivity index (χ0v) is 13.8. The van der Waals surface area contributed by atoms with Crippen LogP contribution in [-0.4, -0.2) is 39.5 Å². The fourth-order valence-corrected chi connectivity index (χ4v) is 4.25. The van der Waals surface area contributed by atoms with Crippen LogP contribution in [0, 0.1) is 6.92 Å². The fourth-order valence-electron chi connectivity index (χ4n) is 2.85. The predicted molar refractivity (Wildman–Crippen MR) is 84.5 cm³/mol. The Morgan fingerprint density at radius 2 is 2.00 bits per heavy atom. The molecule has 0 saturated heterocycles. The molecule has 0 amide bonds. The highest BCUT2D eigenvalue weighted by atomic mass is 32.2. The van der Waals surface area contributed by atoms with E-state index in [2.05, 4.69) is 9.62 Å². The minimum absolute atomic E-state index is 0.0353. The Bertz CT molecular complexity index is 607. The molecule has 5 nitrogen and oxygen atoms in total. The highest BCUT2D eigenvalue weighted by Gasteiger charge is 2.39. The van der Waals surface area contributed by atoms with Crippen LogP contribution in [-0.2, 0) is 16.6 Å². The molecule has 21 heavy (non-hydrogen) atoms. The van der Waals surface area contributed by atoms with Crippen LogP contribution in [0.15, 0.2) is 23.1 Å². The van der Waals surface area contributed by atoms with Gasteiger partial charge in [0.05, 0.1) is 4.90 Å². The molecule has 0 bridgehead atoms. The second kappa shape index (κ2) is 6.04. The van der Waals surface area contributed by atoms with Gasteiger partial charge in [-0.3, -0.25) is 0 Å². The lowest BCUT2D eigenvalue weighted by molar-refractivity contribution is 0.0657. The minimum atomic E-state index is -3.50. The van der Waals surface area contributed by atoms with Crippen molar-refractivity contribution in [1.82, 2.24) is 9.62 Å². The van der Waals surface area contributed by atoms with Crippen LogP contribution in [0.5, 0.6) is 0 Å². The van der Waals surface area contributed by atoms with Crippen molar-refractivity contribution in [2.75, 3.05) is 20.6 Å². The van der Waals surface area contributed by atoms with Crippen LogP contribution in [0.1, 0.15) is 30.4 Å². The van der Waals surface area contributed by atoms with Gasteiger partial charge in [-0.15, -0.1) is 0 Å². The van der Waals surface area contributed by atoms with Crippen molar-refractivity contribution in [3.05, 3.63) is 29.3 Å². The highest BCUT2D eigenvalue weighted by Crippen LogP contribution is 2.35. The first kappa shape index (κ1) is 16.4. The topological polar surface area (TPSA) is 75.4 Å². The summed E-state index contributed by atoms with van der Waals surface area (Å²) < 4.78 is 27.9. The van der Waals surface area contributed by atoms with E-state index in [0.29, 0.717) is 18.0 Å². The summed E-state index contributed by atoms with van der Waals surface area (Å²) >= 11 is 0. The van der Waals surface area contributed by atoms with Crippen LogP contribution in [0.3, 0.4) is 0 Å². The molecule has 6 heteroatoms. The maximum absolute atomic E-state index is 12.6. The molecule has 1 aromatic rings. The average molecular weight is 311 g/mol. The molecule has 0 radical (unpaired) electrons. The van der Waals surface area contributed by atoms with Gasteiger partial charge in [-0.2, -0.15) is 0 Å². The van der Waals surface area contributed by atoms with E-state index in [1.165, 1.54) is 0 Å². The molecule has 1 aromatic carbocycles. The molecule has 0 atom stereocenters. The SMILES string of the molecule is Cc1c(CN)cccc1S(=O)(=O)NCC1(N(C)C)CCC1. The smallest absolute Gasteiger partial charge is 0.240 e. The molecule has 0 heterocycles. The van der Waals surface area contributed by atoms with Crippen LogP contribution in [0.4, 0.5) is 0 Å². The van der Waals surface area contributed by atoms with E-state index in [1.54, 1.807) is 12.1 Å². The third-order valence-electron chi connectivity index (χ3n) is 4.73. The molecule has 118 valence electrons. The van der Waals surface area contributed by atoms with Gasteiger partial charge in [0.15, 0.2) is 0 Å². The first-order valence-corrected chi connectivity index (χ1v) is 8.76. The monoisotopic (exact) mass is 311 g/mol. The summed E-state index contributed by atoms with van der Waals surface area (Å²) in [5.74, 6) is 0. The number of rotatable bonds is 6. The molecular formula is C15H25N3O2S. The standard InChI is InChI=1S/C15H25N3O2S/c1-12-13(10-16)6-4-7-14(12)21(19,20)17-11-15(18(2)3)8-5-9-15/h4,6-7,17H,5,8-11,16H2,1-3H3. The molecule has 0 unspecified atom stereocenters. The lowest BCUT2D eigenvalue weighted by Crippen LogP contribution is -2.57. The molecule has 2 rings (SSSR count). The molecule has 3 N–H and O–H groups in total. The first-order chi connectivity index (χ1) is 9.82. The summed E-state index contributed by atoms with van der Waals surface area (Å²) in [5, 5.41) is 0. The minimum Gasteiger partial charge on any atom is -0.326 e. The molecule has 1 fully saturated rings. The van der Waals surface area contributed by atoms with Crippen molar-refractivity contribution < 1.29 is 8.42 Å². The molecule has 1 saturated carbocycles. The van der Waals surface area contributed by atoms with Crippen LogP contribution in [0.2, 0.25) is 0 Å². The zero-order valence-electron chi connectivity index (χ0n) is 13.0. The van der Waals surface area contributed by atoms with E-state index in [1.807, 2.05) is 27.1 Å². The van der Waals surface area contributed by atoms with Gasteiger partial charge in [-0.05, 0) is 57.5 Å². The third kappa shape index (κ3) is 3.13. The predicted octanol–water partition coefficient (Wildman–Crippen LogP) is 1.22. The van der Waals surface area contributed by atoms with Gasteiger partial charge in [0.1, 0.15) is 0 Å². The summed E-state index contributed by atoms with van der Waals surface area (Å²) in [4.78, 5) is 2.46. The Labute approximate surface area is 127 Å². The van der Waals surface area contributed by atoms with Gasteiger partial charge in [0.25, 0.3) is 0 Å². The van der Waals surface area contributed by atoms with Crippen LogP contribution >= 0.6 is 0 Å². The third-order valence-corrected chi connectivity index (χ3v) is 6.28. The number of likely N-dealkylation sites (N-methyl/N-ethyl adjacent to an activating group) is 1. The van der Waals surface area contributed by atoms with Crippen molar-refractivity contribution in [1.29, 1.82) is 0 Å². The Morgan fingerprint density at radius 3 is 2.48 bits per heavy atom. The number of nitrogens with one attached hydrogen (secondary N) is 1. The molecule has 1 aliphatic carbocycles. The molecular weight excluding hydrogens is 286 g/mol. The maximum atomic E-state index is 12.6. The van der Waals surface area contributed by atoms with Gasteiger partial charge in [-0.1, -0.05) is 12.1 Å². The van der Waals surface area contributed by atoms with Crippen molar-refractivity contribution in [3.63, 3.8) is 0 Å². The highest BCUT2D eigenvalue weighted by molar-refractivity contribution is 7.89. The Morgan fingerprint density at radius 1 is 1.33 bits per heavy atom. The Kier molecular flexibility index (Phi) is 4.72. The Balaban J connectivity index is 2.20.